The van der Waals surface area contributed by atoms with Crippen molar-refractivity contribution < 1.29 is 4.39 Å². The molecule has 1 heterocycles. The Morgan fingerprint density at radius 3 is 2.38 bits per heavy atom. The molecule has 0 saturated carbocycles. The maximum absolute atomic E-state index is 14.4. The van der Waals surface area contributed by atoms with Crippen LogP contribution >= 0.6 is 0 Å². The van der Waals surface area contributed by atoms with E-state index in [4.69, 9.17) is 0 Å². The van der Waals surface area contributed by atoms with Crippen LogP contribution in [0.1, 0.15) is 41.5 Å². The van der Waals surface area contributed by atoms with Crippen molar-refractivity contribution in [3.8, 4) is 0 Å². The molecule has 1 fully saturated rings. The summed E-state index contributed by atoms with van der Waals surface area (Å²) in [5.74, 6) is 0.638. The summed E-state index contributed by atoms with van der Waals surface area (Å²) in [4.78, 5) is 2.45. The zero-order chi connectivity index (χ0) is 14.4. The number of halogens is 1. The maximum Gasteiger partial charge on any atom is 0.127 e. The molecule has 0 amide bonds. The fourth-order valence-corrected chi connectivity index (χ4v) is 4.44. The van der Waals surface area contributed by atoms with E-state index in [1.807, 2.05) is 12.1 Å². The monoisotopic (exact) mass is 281 g/mol. The van der Waals surface area contributed by atoms with Gasteiger partial charge in [-0.3, -0.25) is 4.90 Å². The van der Waals surface area contributed by atoms with Gasteiger partial charge in [0.25, 0.3) is 0 Å². The van der Waals surface area contributed by atoms with Gasteiger partial charge in [0.05, 0.1) is 0 Å². The fraction of sp³-hybridized carbons (Fsp3) is 0.368. The number of likely N-dealkylation sites (tertiary alicyclic amines) is 1. The van der Waals surface area contributed by atoms with Gasteiger partial charge in [-0.25, -0.2) is 4.39 Å². The van der Waals surface area contributed by atoms with E-state index >= 15 is 0 Å². The lowest BCUT2D eigenvalue weighted by atomic mass is 9.80. The molecule has 1 saturated heterocycles. The zero-order valence-electron chi connectivity index (χ0n) is 12.3. The van der Waals surface area contributed by atoms with Gasteiger partial charge < -0.3 is 0 Å². The highest BCUT2D eigenvalue weighted by atomic mass is 19.1. The van der Waals surface area contributed by atoms with Gasteiger partial charge in [-0.15, -0.1) is 0 Å². The number of nitrogens with zero attached hydrogens (tertiary/aromatic N) is 1. The molecule has 2 aliphatic rings. The normalized spacial score (nSPS) is 28.2. The second-order valence-corrected chi connectivity index (χ2v) is 6.36. The van der Waals surface area contributed by atoms with Crippen molar-refractivity contribution in [2.45, 2.75) is 24.8 Å². The van der Waals surface area contributed by atoms with E-state index in [0.29, 0.717) is 12.0 Å². The lowest BCUT2D eigenvalue weighted by Crippen LogP contribution is -2.35. The number of piperidine rings is 1. The topological polar surface area (TPSA) is 3.24 Å². The van der Waals surface area contributed by atoms with Crippen LogP contribution in [0.2, 0.25) is 0 Å². The van der Waals surface area contributed by atoms with Gasteiger partial charge in [0.15, 0.2) is 0 Å². The van der Waals surface area contributed by atoms with Gasteiger partial charge >= 0.3 is 0 Å². The average Bonchev–Trinajstić information content (AvgIpc) is 2.83. The lowest BCUT2D eigenvalue weighted by Gasteiger charge is -2.37. The van der Waals surface area contributed by atoms with Crippen LogP contribution in [-0.4, -0.2) is 18.5 Å². The standard InChI is InChI=1S/C19H20FN/c1-21-12-6-10-16-18(15-9-4-5-11-17(15)20)13-7-2-3-8-14(13)19(16)21/h2-5,7-9,11,16,18-19H,6,10,12H2,1H3. The minimum atomic E-state index is -0.0637. The second kappa shape index (κ2) is 4.96. The molecule has 0 aromatic heterocycles. The van der Waals surface area contributed by atoms with Crippen LogP contribution in [0, 0.1) is 11.7 Å². The average molecular weight is 281 g/mol. The first-order valence-corrected chi connectivity index (χ1v) is 7.81. The van der Waals surface area contributed by atoms with E-state index in [9.17, 15) is 4.39 Å². The van der Waals surface area contributed by atoms with Gasteiger partial charge in [-0.2, -0.15) is 0 Å². The Balaban J connectivity index is 1.89. The fourth-order valence-electron chi connectivity index (χ4n) is 4.44. The molecule has 0 spiro atoms. The molecule has 2 heteroatoms. The molecule has 3 atom stereocenters. The van der Waals surface area contributed by atoms with Gasteiger partial charge in [0.1, 0.15) is 5.82 Å². The SMILES string of the molecule is CN1CCCC2C(c3ccccc3F)c3ccccc3C21. The predicted molar refractivity (Wildman–Crippen MR) is 82.8 cm³/mol. The Bertz CT molecular complexity index is 666. The summed E-state index contributed by atoms with van der Waals surface area (Å²) >= 11 is 0. The Hall–Kier alpha value is -1.67. The molecule has 2 aromatic carbocycles. The van der Waals surface area contributed by atoms with E-state index in [2.05, 4.69) is 36.2 Å². The molecule has 4 rings (SSSR count). The molecular weight excluding hydrogens is 261 g/mol. The Kier molecular flexibility index (Phi) is 3.07. The van der Waals surface area contributed by atoms with Crippen LogP contribution in [0.15, 0.2) is 48.5 Å². The lowest BCUT2D eigenvalue weighted by molar-refractivity contribution is 0.126. The predicted octanol–water partition coefficient (Wildman–Crippen LogP) is 4.35. The number of benzene rings is 2. The molecule has 0 bridgehead atoms. The smallest absolute Gasteiger partial charge is 0.127 e. The highest BCUT2D eigenvalue weighted by Crippen LogP contribution is 2.54. The summed E-state index contributed by atoms with van der Waals surface area (Å²) in [7, 11) is 2.21. The van der Waals surface area contributed by atoms with E-state index in [1.54, 1.807) is 12.1 Å². The summed E-state index contributed by atoms with van der Waals surface area (Å²) in [5, 5.41) is 0. The third-order valence-corrected chi connectivity index (χ3v) is 5.25. The molecule has 108 valence electrons. The van der Waals surface area contributed by atoms with Crippen LogP contribution in [0.3, 0.4) is 0 Å². The largest absolute Gasteiger partial charge is 0.299 e. The van der Waals surface area contributed by atoms with E-state index < -0.39 is 0 Å². The Labute approximate surface area is 125 Å². The Morgan fingerprint density at radius 2 is 1.62 bits per heavy atom. The number of rotatable bonds is 1. The summed E-state index contributed by atoms with van der Waals surface area (Å²) < 4.78 is 14.4. The highest BCUT2D eigenvalue weighted by Gasteiger charge is 2.45. The van der Waals surface area contributed by atoms with Gasteiger partial charge in [-0.05, 0) is 55.1 Å². The first kappa shape index (κ1) is 13.0. The van der Waals surface area contributed by atoms with Gasteiger partial charge in [-0.1, -0.05) is 42.5 Å². The van der Waals surface area contributed by atoms with E-state index in [-0.39, 0.29) is 11.7 Å². The highest BCUT2D eigenvalue weighted by molar-refractivity contribution is 5.46. The molecular formula is C19H20FN. The molecule has 2 aromatic rings. The van der Waals surface area contributed by atoms with Crippen molar-refractivity contribution in [3.63, 3.8) is 0 Å². The van der Waals surface area contributed by atoms with Crippen molar-refractivity contribution >= 4 is 0 Å². The number of fused-ring (bicyclic) bond motifs is 3. The quantitative estimate of drug-likeness (QED) is 0.751. The van der Waals surface area contributed by atoms with Crippen molar-refractivity contribution in [3.05, 3.63) is 71.0 Å². The molecule has 3 unspecified atom stereocenters. The van der Waals surface area contributed by atoms with Crippen molar-refractivity contribution in [2.75, 3.05) is 13.6 Å². The zero-order valence-corrected chi connectivity index (χ0v) is 12.3. The van der Waals surface area contributed by atoms with Gasteiger partial charge in [0.2, 0.25) is 0 Å². The number of hydrogen-bond donors (Lipinski definition) is 0. The minimum Gasteiger partial charge on any atom is -0.299 e. The molecule has 1 aliphatic heterocycles. The van der Waals surface area contributed by atoms with Crippen LogP contribution < -0.4 is 0 Å². The van der Waals surface area contributed by atoms with Crippen LogP contribution in [-0.2, 0) is 0 Å². The van der Waals surface area contributed by atoms with Crippen LogP contribution in [0.5, 0.6) is 0 Å². The van der Waals surface area contributed by atoms with Crippen LogP contribution in [0.4, 0.5) is 4.39 Å². The van der Waals surface area contributed by atoms with Crippen molar-refractivity contribution in [2.24, 2.45) is 5.92 Å². The molecule has 0 N–H and O–H groups in total. The van der Waals surface area contributed by atoms with Gasteiger partial charge in [0, 0.05) is 12.0 Å². The second-order valence-electron chi connectivity index (χ2n) is 6.36. The molecule has 1 nitrogen and oxygen atoms in total. The third-order valence-electron chi connectivity index (χ3n) is 5.25. The van der Waals surface area contributed by atoms with E-state index in [0.717, 1.165) is 12.1 Å². The third kappa shape index (κ3) is 1.93. The first-order valence-electron chi connectivity index (χ1n) is 7.81. The summed E-state index contributed by atoms with van der Waals surface area (Å²) in [6, 6.07) is 16.4. The number of hydrogen-bond acceptors (Lipinski definition) is 1. The summed E-state index contributed by atoms with van der Waals surface area (Å²) in [5.41, 5.74) is 3.59. The molecule has 1 aliphatic carbocycles. The first-order chi connectivity index (χ1) is 10.3. The molecule has 21 heavy (non-hydrogen) atoms. The van der Waals surface area contributed by atoms with Crippen LogP contribution in [0.25, 0.3) is 0 Å². The Morgan fingerprint density at radius 1 is 0.952 bits per heavy atom. The van der Waals surface area contributed by atoms with Crippen molar-refractivity contribution in [1.29, 1.82) is 0 Å². The van der Waals surface area contributed by atoms with E-state index in [1.165, 1.54) is 24.0 Å². The summed E-state index contributed by atoms with van der Waals surface area (Å²) in [6.45, 7) is 1.14. The van der Waals surface area contributed by atoms with Crippen molar-refractivity contribution in [1.82, 2.24) is 4.90 Å². The minimum absolute atomic E-state index is 0.0637. The molecule has 0 radical (unpaired) electrons. The summed E-state index contributed by atoms with van der Waals surface area (Å²) in [6.07, 6.45) is 2.39. The maximum atomic E-state index is 14.4.